The molecule has 4 heterocycles. The lowest BCUT2D eigenvalue weighted by atomic mass is 10.0. The molecule has 4 rings (SSSR count). The molecule has 2 aromatic heterocycles. The predicted molar refractivity (Wildman–Crippen MR) is 111 cm³/mol. The van der Waals surface area contributed by atoms with Crippen LogP contribution in [0.25, 0.3) is 0 Å². The fraction of sp³-hybridized carbons (Fsp3) is 0.611. The van der Waals surface area contributed by atoms with Crippen LogP contribution in [0.15, 0.2) is 22.8 Å². The van der Waals surface area contributed by atoms with E-state index < -0.39 is 0 Å². The van der Waals surface area contributed by atoms with Crippen molar-refractivity contribution in [2.75, 3.05) is 41.3 Å². The molecule has 0 saturated carbocycles. The van der Waals surface area contributed by atoms with Gasteiger partial charge in [0.25, 0.3) is 0 Å². The van der Waals surface area contributed by atoms with Crippen LogP contribution in [0.2, 0.25) is 0 Å². The highest BCUT2D eigenvalue weighted by Gasteiger charge is 2.28. The average Bonchev–Trinajstić information content (AvgIpc) is 3.18. The van der Waals surface area contributed by atoms with Crippen LogP contribution >= 0.6 is 0 Å². The minimum atomic E-state index is -0.0182. The molecule has 0 spiro atoms. The summed E-state index contributed by atoms with van der Waals surface area (Å²) in [7, 11) is 0. The quantitative estimate of drug-likeness (QED) is 0.406. The number of rotatable bonds is 5. The number of nitrogens with zero attached hydrogens (tertiary/aromatic N) is 5. The maximum absolute atomic E-state index is 6.17. The third-order valence-electron chi connectivity index (χ3n) is 5.21. The molecule has 4 atom stereocenters. The van der Waals surface area contributed by atoms with Gasteiger partial charge >= 0.3 is 0 Å². The molecule has 2 saturated heterocycles. The van der Waals surface area contributed by atoms with Crippen LogP contribution in [0.5, 0.6) is 0 Å². The zero-order valence-electron chi connectivity index (χ0n) is 16.4. The maximum atomic E-state index is 6.17. The number of nitrogens with one attached hydrogen (secondary N) is 1. The lowest BCUT2D eigenvalue weighted by Gasteiger charge is -2.37. The van der Waals surface area contributed by atoms with Gasteiger partial charge in [0, 0.05) is 50.3 Å². The highest BCUT2D eigenvalue weighted by molar-refractivity contribution is 5.46. The molecule has 29 heavy (non-hydrogen) atoms. The molecule has 2 aliphatic heterocycles. The predicted octanol–water partition coefficient (Wildman–Crippen LogP) is -1.19. The van der Waals surface area contributed by atoms with Crippen molar-refractivity contribution in [1.29, 1.82) is 0 Å². The largest absolute Gasteiger partial charge is 0.467 e. The molecule has 0 bridgehead atoms. The average molecular weight is 403 g/mol. The molecule has 2 aromatic rings. The third kappa shape index (κ3) is 4.93. The second kappa shape index (κ2) is 8.49. The van der Waals surface area contributed by atoms with E-state index in [0.29, 0.717) is 50.6 Å². The summed E-state index contributed by atoms with van der Waals surface area (Å²) in [6.45, 7) is 3.05. The first kappa shape index (κ1) is 19.8. The van der Waals surface area contributed by atoms with E-state index in [-0.39, 0.29) is 24.2 Å². The summed E-state index contributed by atoms with van der Waals surface area (Å²) in [6, 6.07) is 3.66. The fourth-order valence-corrected chi connectivity index (χ4v) is 3.98. The number of hydrogen-bond acceptors (Lipinski definition) is 11. The van der Waals surface area contributed by atoms with Crippen LogP contribution < -0.4 is 38.1 Å². The first-order chi connectivity index (χ1) is 14.0. The van der Waals surface area contributed by atoms with Crippen LogP contribution in [0.1, 0.15) is 18.6 Å². The van der Waals surface area contributed by atoms with Gasteiger partial charge in [-0.25, -0.2) is 0 Å². The van der Waals surface area contributed by atoms with Gasteiger partial charge in [-0.3, -0.25) is 0 Å². The van der Waals surface area contributed by atoms with E-state index >= 15 is 0 Å². The van der Waals surface area contributed by atoms with Crippen molar-refractivity contribution < 1.29 is 4.42 Å². The van der Waals surface area contributed by atoms with Crippen LogP contribution in [-0.4, -0.2) is 65.3 Å². The number of aromatic nitrogens is 3. The molecule has 0 amide bonds. The number of furan rings is 1. The Morgan fingerprint density at radius 2 is 1.38 bits per heavy atom. The second-order valence-electron chi connectivity index (χ2n) is 8.01. The summed E-state index contributed by atoms with van der Waals surface area (Å²) in [6.07, 6.45) is 3.20. The van der Waals surface area contributed by atoms with Crippen LogP contribution in [0.3, 0.4) is 0 Å². The lowest BCUT2D eigenvalue weighted by Crippen LogP contribution is -2.54. The fourth-order valence-electron chi connectivity index (χ4n) is 3.98. The minimum absolute atomic E-state index is 0.0182. The normalized spacial score (nSPS) is 27.9. The van der Waals surface area contributed by atoms with Crippen molar-refractivity contribution in [3.8, 4) is 0 Å². The lowest BCUT2D eigenvalue weighted by molar-refractivity contribution is 0.441. The molecule has 0 aromatic carbocycles. The van der Waals surface area contributed by atoms with Gasteiger partial charge in [0.1, 0.15) is 5.76 Å². The van der Waals surface area contributed by atoms with E-state index in [1.54, 1.807) is 6.26 Å². The Kier molecular flexibility index (Phi) is 5.81. The Balaban J connectivity index is 1.61. The molecule has 9 N–H and O–H groups in total. The van der Waals surface area contributed by atoms with Gasteiger partial charge < -0.3 is 42.5 Å². The molecule has 2 aliphatic rings. The number of hydrogen-bond donors (Lipinski definition) is 5. The van der Waals surface area contributed by atoms with Crippen molar-refractivity contribution in [2.24, 2.45) is 22.9 Å². The topological polar surface area (TPSA) is 174 Å². The molecule has 0 aliphatic carbocycles. The number of anilines is 3. The van der Waals surface area contributed by atoms with Gasteiger partial charge in [-0.15, -0.1) is 0 Å². The Morgan fingerprint density at radius 3 is 1.83 bits per heavy atom. The summed E-state index contributed by atoms with van der Waals surface area (Å²) in [4.78, 5) is 18.0. The Morgan fingerprint density at radius 1 is 0.862 bits per heavy atom. The van der Waals surface area contributed by atoms with Crippen molar-refractivity contribution in [3.63, 3.8) is 0 Å². The Bertz CT molecular complexity index is 736. The molecule has 11 heteroatoms. The van der Waals surface area contributed by atoms with Crippen LogP contribution in [-0.2, 0) is 6.54 Å². The van der Waals surface area contributed by atoms with E-state index in [4.69, 9.17) is 32.3 Å². The molecule has 4 unspecified atom stereocenters. The highest BCUT2D eigenvalue weighted by Crippen LogP contribution is 2.22. The number of piperidine rings is 2. The van der Waals surface area contributed by atoms with Crippen molar-refractivity contribution in [3.05, 3.63) is 24.2 Å². The zero-order chi connectivity index (χ0) is 20.4. The first-order valence-corrected chi connectivity index (χ1v) is 10.0. The van der Waals surface area contributed by atoms with Gasteiger partial charge in [0.15, 0.2) is 0 Å². The van der Waals surface area contributed by atoms with Crippen LogP contribution in [0.4, 0.5) is 17.8 Å². The van der Waals surface area contributed by atoms with E-state index in [0.717, 1.165) is 18.6 Å². The van der Waals surface area contributed by atoms with Crippen molar-refractivity contribution in [1.82, 2.24) is 15.0 Å². The van der Waals surface area contributed by atoms with E-state index in [2.05, 4.69) is 15.3 Å². The van der Waals surface area contributed by atoms with Gasteiger partial charge in [-0.2, -0.15) is 15.0 Å². The monoisotopic (exact) mass is 402 g/mol. The number of nitrogens with two attached hydrogens (primary N) is 4. The molecule has 2 fully saturated rings. The van der Waals surface area contributed by atoms with Gasteiger partial charge in [-0.05, 0) is 25.0 Å². The highest BCUT2D eigenvalue weighted by atomic mass is 16.3. The Hall–Kier alpha value is -2.47. The molecule has 11 nitrogen and oxygen atoms in total. The van der Waals surface area contributed by atoms with Gasteiger partial charge in [-0.1, -0.05) is 0 Å². The van der Waals surface area contributed by atoms with E-state index in [9.17, 15) is 0 Å². The standard InChI is InChI=1S/C18H30N10O/c19-11-4-12(20)8-27(7-11)17-24-16(23-6-15-2-1-3-29-15)25-18(26-17)28-9-13(21)5-14(22)10-28/h1-3,11-14H,4-10,19-22H2,(H,23,24,25,26). The second-order valence-corrected chi connectivity index (χ2v) is 8.01. The summed E-state index contributed by atoms with van der Waals surface area (Å²) in [5.74, 6) is 2.35. The summed E-state index contributed by atoms with van der Waals surface area (Å²) in [5, 5.41) is 3.22. The maximum Gasteiger partial charge on any atom is 0.232 e. The first-order valence-electron chi connectivity index (χ1n) is 10.0. The summed E-state index contributed by atoms with van der Waals surface area (Å²) in [5.41, 5.74) is 24.7. The Labute approximate surface area is 169 Å². The zero-order valence-corrected chi connectivity index (χ0v) is 16.4. The molecular formula is C18H30N10O. The SMILES string of the molecule is NC1CC(N)CN(c2nc(NCc3ccco3)nc(N3CC(N)CC(N)C3)n2)C1. The van der Waals surface area contributed by atoms with E-state index in [1.165, 1.54) is 0 Å². The van der Waals surface area contributed by atoms with Crippen molar-refractivity contribution in [2.45, 2.75) is 43.6 Å². The molecule has 0 radical (unpaired) electrons. The summed E-state index contributed by atoms with van der Waals surface area (Å²) < 4.78 is 5.38. The van der Waals surface area contributed by atoms with Gasteiger partial charge in [0.05, 0.1) is 12.8 Å². The van der Waals surface area contributed by atoms with Crippen LogP contribution in [0, 0.1) is 0 Å². The van der Waals surface area contributed by atoms with Gasteiger partial charge in [0.2, 0.25) is 17.8 Å². The minimum Gasteiger partial charge on any atom is -0.467 e. The molecule has 158 valence electrons. The van der Waals surface area contributed by atoms with Crippen molar-refractivity contribution >= 4 is 17.8 Å². The van der Waals surface area contributed by atoms with E-state index in [1.807, 2.05) is 21.9 Å². The smallest absolute Gasteiger partial charge is 0.232 e. The molecular weight excluding hydrogens is 372 g/mol. The third-order valence-corrected chi connectivity index (χ3v) is 5.21. The summed E-state index contributed by atoms with van der Waals surface area (Å²) >= 11 is 0.